The van der Waals surface area contributed by atoms with Gasteiger partial charge in [0, 0.05) is 6.04 Å². The molecule has 31 heavy (non-hydrogen) atoms. The quantitative estimate of drug-likeness (QED) is 0.351. The van der Waals surface area contributed by atoms with Gasteiger partial charge < -0.3 is 5.32 Å². The Kier molecular flexibility index (Phi) is 6.21. The Labute approximate surface area is 197 Å². The third-order valence-corrected chi connectivity index (χ3v) is 7.32. The molecular weight excluding hydrogens is 473 g/mol. The van der Waals surface area contributed by atoms with Crippen LogP contribution in [0, 0.1) is 3.95 Å². The molecule has 1 amide bonds. The van der Waals surface area contributed by atoms with E-state index >= 15 is 0 Å². The van der Waals surface area contributed by atoms with E-state index in [0.29, 0.717) is 30.5 Å². The first kappa shape index (κ1) is 22.0. The lowest BCUT2D eigenvalue weighted by molar-refractivity contribution is -0.122. The van der Waals surface area contributed by atoms with Crippen LogP contribution in [0.4, 0.5) is 0 Å². The van der Waals surface area contributed by atoms with E-state index in [1.54, 1.807) is 24.3 Å². The Morgan fingerprint density at radius 3 is 2.65 bits per heavy atom. The van der Waals surface area contributed by atoms with Gasteiger partial charge in [-0.15, -0.1) is 11.3 Å². The van der Waals surface area contributed by atoms with Gasteiger partial charge in [0.15, 0.2) is 3.95 Å². The summed E-state index contributed by atoms with van der Waals surface area (Å²) in [5.74, 6) is -0.231. The van der Waals surface area contributed by atoms with E-state index in [2.05, 4.69) is 5.32 Å². The first-order chi connectivity index (χ1) is 14.8. The minimum Gasteiger partial charge on any atom is -0.352 e. The smallest absolute Gasteiger partial charge is 0.262 e. The van der Waals surface area contributed by atoms with Crippen LogP contribution in [-0.2, 0) is 11.3 Å². The Balaban J connectivity index is 2.05. The van der Waals surface area contributed by atoms with Crippen molar-refractivity contribution in [1.29, 1.82) is 0 Å². The largest absolute Gasteiger partial charge is 0.352 e. The summed E-state index contributed by atoms with van der Waals surface area (Å²) in [6.07, 6.45) is 0.797. The van der Waals surface area contributed by atoms with Gasteiger partial charge in [-0.1, -0.05) is 48.3 Å². The van der Waals surface area contributed by atoms with Gasteiger partial charge in [-0.3, -0.25) is 18.6 Å². The zero-order valence-corrected chi connectivity index (χ0v) is 20.0. The van der Waals surface area contributed by atoms with Gasteiger partial charge in [-0.05, 0) is 55.4 Å². The van der Waals surface area contributed by atoms with E-state index in [-0.39, 0.29) is 24.1 Å². The first-order valence-corrected chi connectivity index (χ1v) is 11.7. The number of fused-ring (bicyclic) bond motifs is 3. The summed E-state index contributed by atoms with van der Waals surface area (Å²) >= 11 is 19.4. The molecule has 1 unspecified atom stereocenters. The van der Waals surface area contributed by atoms with E-state index in [0.717, 1.165) is 16.9 Å². The third kappa shape index (κ3) is 4.03. The van der Waals surface area contributed by atoms with Crippen molar-refractivity contribution < 1.29 is 4.79 Å². The fourth-order valence-electron chi connectivity index (χ4n) is 3.45. The van der Waals surface area contributed by atoms with Crippen molar-refractivity contribution in [2.75, 3.05) is 0 Å². The molecule has 0 aliphatic carbocycles. The summed E-state index contributed by atoms with van der Waals surface area (Å²) in [5.41, 5.74) is 1.80. The molecule has 0 radical (unpaired) electrons. The summed E-state index contributed by atoms with van der Waals surface area (Å²) in [6.45, 7) is 3.81. The van der Waals surface area contributed by atoms with Crippen molar-refractivity contribution in [2.24, 2.45) is 0 Å². The maximum atomic E-state index is 13.4. The van der Waals surface area contributed by atoms with Crippen LogP contribution in [0.25, 0.3) is 27.0 Å². The van der Waals surface area contributed by atoms with E-state index in [1.165, 1.54) is 15.9 Å². The van der Waals surface area contributed by atoms with Crippen molar-refractivity contribution in [3.63, 3.8) is 0 Å². The molecule has 0 saturated carbocycles. The lowest BCUT2D eigenvalue weighted by Gasteiger charge is -2.15. The zero-order valence-electron chi connectivity index (χ0n) is 16.8. The molecule has 160 valence electrons. The number of halogens is 2. The van der Waals surface area contributed by atoms with E-state index < -0.39 is 0 Å². The van der Waals surface area contributed by atoms with Crippen LogP contribution in [0.5, 0.6) is 0 Å². The maximum Gasteiger partial charge on any atom is 0.262 e. The standard InChI is InChI=1S/C22H19Cl2N3O2S2/c1-3-12(2)25-18(28)11-26-20-19(13-8-9-15(23)16(24)10-13)31-22(30)27(20)17-7-5-4-6-14(17)21(26)29/h4-10,12H,3,11H2,1-2H3,(H,25,28). The van der Waals surface area contributed by atoms with E-state index in [9.17, 15) is 9.59 Å². The van der Waals surface area contributed by atoms with Gasteiger partial charge >= 0.3 is 0 Å². The molecule has 1 atom stereocenters. The molecule has 2 aromatic carbocycles. The molecule has 4 rings (SSSR count). The molecule has 0 aliphatic heterocycles. The molecule has 0 bridgehead atoms. The van der Waals surface area contributed by atoms with Crippen molar-refractivity contribution in [1.82, 2.24) is 14.3 Å². The van der Waals surface area contributed by atoms with Crippen LogP contribution >= 0.6 is 46.8 Å². The zero-order chi connectivity index (χ0) is 22.3. The van der Waals surface area contributed by atoms with Gasteiger partial charge in [0.25, 0.3) is 5.56 Å². The minimum absolute atomic E-state index is 0.0123. The number of hydrogen-bond donors (Lipinski definition) is 1. The Bertz CT molecular complexity index is 1440. The second-order valence-corrected chi connectivity index (χ2v) is 9.73. The highest BCUT2D eigenvalue weighted by Gasteiger charge is 2.20. The Morgan fingerprint density at radius 1 is 1.19 bits per heavy atom. The molecule has 4 aromatic rings. The lowest BCUT2D eigenvalue weighted by atomic mass is 10.2. The number of benzene rings is 2. The molecule has 1 N–H and O–H groups in total. The molecule has 0 saturated heterocycles. The number of hydrogen-bond acceptors (Lipinski definition) is 4. The highest BCUT2D eigenvalue weighted by molar-refractivity contribution is 7.73. The van der Waals surface area contributed by atoms with Gasteiger partial charge in [0.2, 0.25) is 5.91 Å². The number of thiazole rings is 1. The minimum atomic E-state index is -0.246. The summed E-state index contributed by atoms with van der Waals surface area (Å²) in [5, 5.41) is 4.27. The Morgan fingerprint density at radius 2 is 1.94 bits per heavy atom. The predicted molar refractivity (Wildman–Crippen MR) is 131 cm³/mol. The predicted octanol–water partition coefficient (Wildman–Crippen LogP) is 5.93. The summed E-state index contributed by atoms with van der Waals surface area (Å²) in [7, 11) is 0. The lowest BCUT2D eigenvalue weighted by Crippen LogP contribution is -2.37. The van der Waals surface area contributed by atoms with Crippen LogP contribution < -0.4 is 10.9 Å². The SMILES string of the molecule is CCC(C)NC(=O)Cn1c(=O)c2ccccc2n2c(=S)sc(-c3ccc(Cl)c(Cl)c3)c12. The monoisotopic (exact) mass is 491 g/mol. The molecule has 2 aromatic heterocycles. The van der Waals surface area contributed by atoms with E-state index in [4.69, 9.17) is 35.4 Å². The van der Waals surface area contributed by atoms with Gasteiger partial charge in [-0.2, -0.15) is 0 Å². The summed E-state index contributed by atoms with van der Waals surface area (Å²) < 4.78 is 3.92. The number of nitrogens with one attached hydrogen (secondary N) is 1. The summed E-state index contributed by atoms with van der Waals surface area (Å²) in [6, 6.07) is 12.6. The second-order valence-electron chi connectivity index (χ2n) is 7.27. The molecule has 0 fully saturated rings. The molecule has 0 aliphatic rings. The van der Waals surface area contributed by atoms with Crippen molar-refractivity contribution >= 4 is 69.2 Å². The van der Waals surface area contributed by atoms with Crippen LogP contribution in [0.1, 0.15) is 20.3 Å². The molecule has 5 nitrogen and oxygen atoms in total. The average Bonchev–Trinajstić information content (AvgIpc) is 3.10. The normalized spacial score (nSPS) is 12.4. The molecule has 2 heterocycles. The van der Waals surface area contributed by atoms with Crippen LogP contribution in [0.15, 0.2) is 47.3 Å². The molecule has 9 heteroatoms. The first-order valence-electron chi connectivity index (χ1n) is 9.73. The Hall–Kier alpha value is -2.19. The van der Waals surface area contributed by atoms with Gasteiger partial charge in [0.05, 0.1) is 25.8 Å². The topological polar surface area (TPSA) is 55.5 Å². The fourth-order valence-corrected chi connectivity index (χ4v) is 5.17. The number of carbonyl (C=O) groups excluding carboxylic acids is 1. The highest BCUT2D eigenvalue weighted by atomic mass is 35.5. The summed E-state index contributed by atoms with van der Waals surface area (Å²) in [4.78, 5) is 26.9. The van der Waals surface area contributed by atoms with Crippen LogP contribution in [0.3, 0.4) is 0 Å². The maximum absolute atomic E-state index is 13.4. The number of para-hydroxylation sites is 1. The third-order valence-electron chi connectivity index (χ3n) is 5.17. The number of nitrogens with zero attached hydrogens (tertiary/aromatic N) is 2. The second kappa shape index (κ2) is 8.74. The molecule has 0 spiro atoms. The van der Waals surface area contributed by atoms with Crippen molar-refractivity contribution in [3.8, 4) is 10.4 Å². The average molecular weight is 492 g/mol. The van der Waals surface area contributed by atoms with Gasteiger partial charge in [-0.25, -0.2) is 0 Å². The highest BCUT2D eigenvalue weighted by Crippen LogP contribution is 2.36. The van der Waals surface area contributed by atoms with Crippen LogP contribution in [-0.4, -0.2) is 20.9 Å². The van der Waals surface area contributed by atoms with Crippen molar-refractivity contribution in [2.45, 2.75) is 32.9 Å². The number of amides is 1. The van der Waals surface area contributed by atoms with Crippen molar-refractivity contribution in [3.05, 3.63) is 66.8 Å². The van der Waals surface area contributed by atoms with Crippen LogP contribution in [0.2, 0.25) is 10.0 Å². The number of carbonyl (C=O) groups is 1. The number of rotatable bonds is 5. The molecular formula is C22H19Cl2N3O2S2. The number of aromatic nitrogens is 2. The fraction of sp³-hybridized carbons (Fsp3) is 0.227. The van der Waals surface area contributed by atoms with Gasteiger partial charge in [0.1, 0.15) is 12.2 Å². The van der Waals surface area contributed by atoms with E-state index in [1.807, 2.05) is 36.4 Å².